The van der Waals surface area contributed by atoms with Crippen molar-refractivity contribution in [1.82, 2.24) is 0 Å². The maximum Gasteiger partial charge on any atom is 0.123 e. The lowest BCUT2D eigenvalue weighted by Gasteiger charge is -2.15. The maximum absolute atomic E-state index is 12.9. The molecule has 0 N–H and O–H groups in total. The number of ether oxygens (including phenoxy) is 1. The fourth-order valence-electron chi connectivity index (χ4n) is 1.79. The van der Waals surface area contributed by atoms with Crippen LogP contribution < -0.4 is 4.74 Å². The van der Waals surface area contributed by atoms with Gasteiger partial charge in [-0.05, 0) is 30.7 Å². The second-order valence-electron chi connectivity index (χ2n) is 3.88. The molecule has 0 heterocycles. The maximum atomic E-state index is 12.9. The van der Waals surface area contributed by atoms with Crippen molar-refractivity contribution in [1.29, 1.82) is 0 Å². The molecule has 0 spiro atoms. The summed E-state index contributed by atoms with van der Waals surface area (Å²) in [5.74, 6) is 0.628. The summed E-state index contributed by atoms with van der Waals surface area (Å²) < 4.78 is 18.5. The van der Waals surface area contributed by atoms with E-state index in [4.69, 9.17) is 4.74 Å². The molecule has 2 aromatic carbocycles. The summed E-state index contributed by atoms with van der Waals surface area (Å²) in [4.78, 5) is 0.000787. The summed E-state index contributed by atoms with van der Waals surface area (Å²) in [6.07, 6.45) is 0. The Kier molecular flexibility index (Phi) is 4.37. The molecule has 94 valence electrons. The Balaban J connectivity index is 2.33. The first-order valence-electron chi connectivity index (χ1n) is 5.83. The lowest BCUT2D eigenvalue weighted by atomic mass is 10.0. The number of hydrogen-bond donors (Lipinski definition) is 0. The van der Waals surface area contributed by atoms with Crippen LogP contribution in [0.5, 0.6) is 5.75 Å². The van der Waals surface area contributed by atoms with Gasteiger partial charge in [0.05, 0.1) is 11.4 Å². The molecule has 0 saturated carbocycles. The third kappa shape index (κ3) is 2.91. The molecule has 0 amide bonds. The number of rotatable bonds is 4. The number of alkyl halides is 1. The minimum absolute atomic E-state index is 0.000787. The van der Waals surface area contributed by atoms with Crippen LogP contribution in [-0.4, -0.2) is 6.61 Å². The van der Waals surface area contributed by atoms with Gasteiger partial charge < -0.3 is 4.74 Å². The summed E-state index contributed by atoms with van der Waals surface area (Å²) in [6, 6.07) is 14.3. The Hall–Kier alpha value is -1.35. The number of para-hydroxylation sites is 1. The average molecular weight is 309 g/mol. The number of halogens is 2. The van der Waals surface area contributed by atoms with E-state index >= 15 is 0 Å². The molecule has 1 nitrogen and oxygen atoms in total. The second-order valence-corrected chi connectivity index (χ2v) is 4.80. The molecule has 0 aliphatic carbocycles. The third-order valence-electron chi connectivity index (χ3n) is 2.65. The average Bonchev–Trinajstić information content (AvgIpc) is 2.40. The van der Waals surface area contributed by atoms with Crippen molar-refractivity contribution in [2.45, 2.75) is 11.8 Å². The van der Waals surface area contributed by atoms with Crippen molar-refractivity contribution < 1.29 is 9.13 Å². The van der Waals surface area contributed by atoms with Crippen LogP contribution in [0, 0.1) is 5.82 Å². The molecule has 0 aromatic heterocycles. The minimum Gasteiger partial charge on any atom is -0.494 e. The van der Waals surface area contributed by atoms with Crippen LogP contribution in [-0.2, 0) is 0 Å². The molecular formula is C15H14BrFO. The molecule has 0 aliphatic rings. The summed E-state index contributed by atoms with van der Waals surface area (Å²) in [5, 5.41) is 0. The SMILES string of the molecule is CCOc1ccccc1C(Br)c1ccc(F)cc1. The largest absolute Gasteiger partial charge is 0.494 e. The van der Waals surface area contributed by atoms with Crippen LogP contribution in [0.25, 0.3) is 0 Å². The van der Waals surface area contributed by atoms with Gasteiger partial charge in [-0.2, -0.15) is 0 Å². The van der Waals surface area contributed by atoms with E-state index in [9.17, 15) is 4.39 Å². The Morgan fingerprint density at radius 1 is 1.11 bits per heavy atom. The van der Waals surface area contributed by atoms with E-state index in [0.29, 0.717) is 6.61 Å². The zero-order chi connectivity index (χ0) is 13.0. The van der Waals surface area contributed by atoms with E-state index in [1.165, 1.54) is 12.1 Å². The molecule has 1 atom stereocenters. The van der Waals surface area contributed by atoms with E-state index in [0.717, 1.165) is 16.9 Å². The molecule has 0 aliphatic heterocycles. The number of benzene rings is 2. The first-order chi connectivity index (χ1) is 8.72. The number of hydrogen-bond acceptors (Lipinski definition) is 1. The van der Waals surface area contributed by atoms with Gasteiger partial charge >= 0.3 is 0 Å². The van der Waals surface area contributed by atoms with Crippen LogP contribution >= 0.6 is 15.9 Å². The molecule has 3 heteroatoms. The Bertz CT molecular complexity index is 510. The third-order valence-corrected chi connectivity index (χ3v) is 3.68. The molecule has 2 aromatic rings. The Morgan fingerprint density at radius 2 is 1.78 bits per heavy atom. The normalized spacial score (nSPS) is 12.2. The standard InChI is InChI=1S/C15H14BrFO/c1-2-18-14-6-4-3-5-13(14)15(16)11-7-9-12(17)10-8-11/h3-10,15H,2H2,1H3. The zero-order valence-electron chi connectivity index (χ0n) is 10.1. The summed E-state index contributed by atoms with van der Waals surface area (Å²) in [7, 11) is 0. The van der Waals surface area contributed by atoms with Crippen LogP contribution in [0.2, 0.25) is 0 Å². The fraction of sp³-hybridized carbons (Fsp3) is 0.200. The van der Waals surface area contributed by atoms with Gasteiger partial charge in [0.25, 0.3) is 0 Å². The van der Waals surface area contributed by atoms with E-state index in [2.05, 4.69) is 15.9 Å². The molecule has 2 rings (SSSR count). The smallest absolute Gasteiger partial charge is 0.123 e. The van der Waals surface area contributed by atoms with Crippen LogP contribution in [0.3, 0.4) is 0 Å². The molecule has 0 bridgehead atoms. The fourth-order valence-corrected chi connectivity index (χ4v) is 2.47. The Morgan fingerprint density at radius 3 is 2.44 bits per heavy atom. The van der Waals surface area contributed by atoms with Crippen LogP contribution in [0.15, 0.2) is 48.5 Å². The predicted octanol–water partition coefficient (Wildman–Crippen LogP) is 4.71. The van der Waals surface area contributed by atoms with Crippen LogP contribution in [0.1, 0.15) is 22.9 Å². The monoisotopic (exact) mass is 308 g/mol. The first kappa shape index (κ1) is 13.1. The highest BCUT2D eigenvalue weighted by Crippen LogP contribution is 2.36. The summed E-state index contributed by atoms with van der Waals surface area (Å²) in [5.41, 5.74) is 2.05. The van der Waals surface area contributed by atoms with E-state index in [1.807, 2.05) is 31.2 Å². The molecule has 18 heavy (non-hydrogen) atoms. The highest BCUT2D eigenvalue weighted by molar-refractivity contribution is 9.09. The lowest BCUT2D eigenvalue weighted by Crippen LogP contribution is -1.99. The van der Waals surface area contributed by atoms with E-state index in [1.54, 1.807) is 12.1 Å². The zero-order valence-corrected chi connectivity index (χ0v) is 11.7. The van der Waals surface area contributed by atoms with Gasteiger partial charge in [0.1, 0.15) is 11.6 Å². The highest BCUT2D eigenvalue weighted by atomic mass is 79.9. The van der Waals surface area contributed by atoms with Crippen molar-refractivity contribution in [3.05, 3.63) is 65.5 Å². The predicted molar refractivity (Wildman–Crippen MR) is 74.8 cm³/mol. The van der Waals surface area contributed by atoms with Crippen molar-refractivity contribution >= 4 is 15.9 Å². The van der Waals surface area contributed by atoms with Crippen molar-refractivity contribution in [3.8, 4) is 5.75 Å². The molecule has 1 unspecified atom stereocenters. The van der Waals surface area contributed by atoms with E-state index < -0.39 is 0 Å². The summed E-state index contributed by atoms with van der Waals surface area (Å²) >= 11 is 3.64. The van der Waals surface area contributed by atoms with Crippen molar-refractivity contribution in [2.24, 2.45) is 0 Å². The van der Waals surface area contributed by atoms with Gasteiger partial charge in [0.15, 0.2) is 0 Å². The van der Waals surface area contributed by atoms with Crippen LogP contribution in [0.4, 0.5) is 4.39 Å². The van der Waals surface area contributed by atoms with Gasteiger partial charge in [0, 0.05) is 5.56 Å². The first-order valence-corrected chi connectivity index (χ1v) is 6.75. The van der Waals surface area contributed by atoms with Gasteiger partial charge in [-0.1, -0.05) is 46.3 Å². The second kappa shape index (κ2) is 6.01. The molecular weight excluding hydrogens is 295 g/mol. The van der Waals surface area contributed by atoms with Gasteiger partial charge in [0.2, 0.25) is 0 Å². The Labute approximate surface area is 115 Å². The molecule has 0 radical (unpaired) electrons. The summed E-state index contributed by atoms with van der Waals surface area (Å²) in [6.45, 7) is 2.58. The lowest BCUT2D eigenvalue weighted by molar-refractivity contribution is 0.337. The quantitative estimate of drug-likeness (QED) is 0.743. The van der Waals surface area contributed by atoms with E-state index in [-0.39, 0.29) is 10.6 Å². The van der Waals surface area contributed by atoms with Gasteiger partial charge in [-0.3, -0.25) is 0 Å². The highest BCUT2D eigenvalue weighted by Gasteiger charge is 2.14. The topological polar surface area (TPSA) is 9.23 Å². The van der Waals surface area contributed by atoms with Gasteiger partial charge in [-0.15, -0.1) is 0 Å². The van der Waals surface area contributed by atoms with Gasteiger partial charge in [-0.25, -0.2) is 4.39 Å². The minimum atomic E-state index is -0.225. The molecule has 0 fully saturated rings. The molecule has 0 saturated heterocycles. The van der Waals surface area contributed by atoms with Crippen molar-refractivity contribution in [2.75, 3.05) is 6.61 Å². The van der Waals surface area contributed by atoms with Crippen molar-refractivity contribution in [3.63, 3.8) is 0 Å².